The highest BCUT2D eigenvalue weighted by Gasteiger charge is 2.15. The van der Waals surface area contributed by atoms with E-state index in [2.05, 4.69) is 10.3 Å². The summed E-state index contributed by atoms with van der Waals surface area (Å²) in [5.74, 6) is -1.99. The van der Waals surface area contributed by atoms with Crippen LogP contribution in [-0.4, -0.2) is 23.5 Å². The number of pyridine rings is 1. The molecule has 0 fully saturated rings. The van der Waals surface area contributed by atoms with E-state index >= 15 is 0 Å². The summed E-state index contributed by atoms with van der Waals surface area (Å²) in [5, 5.41) is 3.18. The molecular formula is C19H14ClFN2O3. The normalized spacial score (nSPS) is 10.6. The standard InChI is InChI=1S/C19H14ClFN2O3/c1-11-8-14(13-4-2-3-5-16(13)22-11)19(25)26-10-18(24)23-17-7-6-12(20)9-15(17)21/h2-9H,10H2,1H3,(H,23,24). The van der Waals surface area contributed by atoms with Crippen LogP contribution in [0.1, 0.15) is 16.1 Å². The van der Waals surface area contributed by atoms with E-state index in [9.17, 15) is 14.0 Å². The topological polar surface area (TPSA) is 68.3 Å². The summed E-state index contributed by atoms with van der Waals surface area (Å²) in [5.41, 5.74) is 1.59. The Morgan fingerprint density at radius 3 is 2.73 bits per heavy atom. The highest BCUT2D eigenvalue weighted by Crippen LogP contribution is 2.20. The van der Waals surface area contributed by atoms with Crippen molar-refractivity contribution in [3.8, 4) is 0 Å². The summed E-state index contributed by atoms with van der Waals surface area (Å²) < 4.78 is 18.7. The number of esters is 1. The minimum absolute atomic E-state index is 0.0411. The van der Waals surface area contributed by atoms with E-state index in [0.717, 1.165) is 6.07 Å². The maximum absolute atomic E-state index is 13.7. The number of aryl methyl sites for hydroxylation is 1. The van der Waals surface area contributed by atoms with Crippen LogP contribution in [0.25, 0.3) is 10.9 Å². The molecular weight excluding hydrogens is 359 g/mol. The summed E-state index contributed by atoms with van der Waals surface area (Å²) in [6, 6.07) is 12.6. The van der Waals surface area contributed by atoms with Gasteiger partial charge in [0.05, 0.1) is 16.8 Å². The number of hydrogen-bond donors (Lipinski definition) is 1. The van der Waals surface area contributed by atoms with Crippen LogP contribution in [0.4, 0.5) is 10.1 Å². The molecule has 0 saturated carbocycles. The van der Waals surface area contributed by atoms with Crippen LogP contribution in [-0.2, 0) is 9.53 Å². The number of anilines is 1. The molecule has 1 N–H and O–H groups in total. The molecule has 26 heavy (non-hydrogen) atoms. The number of aromatic nitrogens is 1. The monoisotopic (exact) mass is 372 g/mol. The number of rotatable bonds is 4. The van der Waals surface area contributed by atoms with Crippen molar-refractivity contribution >= 4 is 40.1 Å². The second kappa shape index (κ2) is 7.49. The molecule has 0 bridgehead atoms. The van der Waals surface area contributed by atoms with E-state index in [-0.39, 0.29) is 10.7 Å². The van der Waals surface area contributed by atoms with Crippen LogP contribution in [0.2, 0.25) is 5.02 Å². The summed E-state index contributed by atoms with van der Waals surface area (Å²) >= 11 is 5.66. The van der Waals surface area contributed by atoms with Gasteiger partial charge in [0, 0.05) is 16.1 Å². The number of halogens is 2. The van der Waals surface area contributed by atoms with Gasteiger partial charge in [-0.3, -0.25) is 9.78 Å². The molecule has 0 unspecified atom stereocenters. The van der Waals surface area contributed by atoms with Gasteiger partial charge in [0.2, 0.25) is 0 Å². The first-order chi connectivity index (χ1) is 12.4. The fraction of sp³-hybridized carbons (Fsp3) is 0.105. The van der Waals surface area contributed by atoms with Gasteiger partial charge in [0.15, 0.2) is 6.61 Å². The molecule has 5 nitrogen and oxygen atoms in total. The lowest BCUT2D eigenvalue weighted by Crippen LogP contribution is -2.21. The number of nitrogens with one attached hydrogen (secondary N) is 1. The molecule has 0 atom stereocenters. The summed E-state index contributed by atoms with van der Waals surface area (Å²) in [6.07, 6.45) is 0. The predicted octanol–water partition coefficient (Wildman–Crippen LogP) is 4.13. The molecule has 3 aromatic rings. The van der Waals surface area contributed by atoms with Crippen LogP contribution in [0.15, 0.2) is 48.5 Å². The fourth-order valence-electron chi connectivity index (χ4n) is 2.46. The summed E-state index contributed by atoms with van der Waals surface area (Å²) in [6.45, 7) is 1.22. The van der Waals surface area contributed by atoms with Crippen molar-refractivity contribution in [1.29, 1.82) is 0 Å². The molecule has 132 valence electrons. The summed E-state index contributed by atoms with van der Waals surface area (Å²) in [7, 11) is 0. The second-order valence-corrected chi connectivity index (χ2v) is 6.01. The van der Waals surface area contributed by atoms with Crippen molar-refractivity contribution in [3.63, 3.8) is 0 Å². The van der Waals surface area contributed by atoms with Gasteiger partial charge in [0.1, 0.15) is 5.82 Å². The van der Waals surface area contributed by atoms with E-state index in [1.54, 1.807) is 31.2 Å². The van der Waals surface area contributed by atoms with Crippen molar-refractivity contribution in [2.45, 2.75) is 6.92 Å². The Morgan fingerprint density at radius 2 is 1.96 bits per heavy atom. The Hall–Kier alpha value is -2.99. The van der Waals surface area contributed by atoms with E-state index in [0.29, 0.717) is 22.2 Å². The van der Waals surface area contributed by atoms with E-state index in [1.807, 2.05) is 6.07 Å². The quantitative estimate of drug-likeness (QED) is 0.699. The zero-order valence-electron chi connectivity index (χ0n) is 13.8. The fourth-order valence-corrected chi connectivity index (χ4v) is 2.62. The van der Waals surface area contributed by atoms with Crippen LogP contribution in [0.3, 0.4) is 0 Å². The Bertz CT molecular complexity index is 1010. The lowest BCUT2D eigenvalue weighted by molar-refractivity contribution is -0.119. The molecule has 7 heteroatoms. The van der Waals surface area contributed by atoms with Crippen LogP contribution >= 0.6 is 11.6 Å². The van der Waals surface area contributed by atoms with Gasteiger partial charge in [-0.15, -0.1) is 0 Å². The molecule has 1 heterocycles. The highest BCUT2D eigenvalue weighted by molar-refractivity contribution is 6.30. The van der Waals surface area contributed by atoms with Crippen molar-refractivity contribution in [2.24, 2.45) is 0 Å². The van der Waals surface area contributed by atoms with Crippen LogP contribution in [0, 0.1) is 12.7 Å². The Kier molecular flexibility index (Phi) is 5.14. The molecule has 3 rings (SSSR count). The van der Waals surface area contributed by atoms with Crippen LogP contribution in [0.5, 0.6) is 0 Å². The smallest absolute Gasteiger partial charge is 0.339 e. The van der Waals surface area contributed by atoms with Gasteiger partial charge in [-0.25, -0.2) is 9.18 Å². The second-order valence-electron chi connectivity index (χ2n) is 5.58. The molecule has 0 radical (unpaired) electrons. The summed E-state index contributed by atoms with van der Waals surface area (Å²) in [4.78, 5) is 28.6. The van der Waals surface area contributed by atoms with Crippen molar-refractivity contribution in [3.05, 3.63) is 70.6 Å². The number of fused-ring (bicyclic) bond motifs is 1. The first kappa shape index (κ1) is 17.8. The van der Waals surface area contributed by atoms with Gasteiger partial charge in [-0.2, -0.15) is 0 Å². The van der Waals surface area contributed by atoms with E-state index in [4.69, 9.17) is 16.3 Å². The van der Waals surface area contributed by atoms with Gasteiger partial charge in [-0.05, 0) is 37.3 Å². The van der Waals surface area contributed by atoms with Crippen molar-refractivity contribution in [1.82, 2.24) is 4.98 Å². The van der Waals surface area contributed by atoms with Crippen molar-refractivity contribution < 1.29 is 18.7 Å². The number of hydrogen-bond acceptors (Lipinski definition) is 4. The number of carbonyl (C=O) groups is 2. The SMILES string of the molecule is Cc1cc(C(=O)OCC(=O)Nc2ccc(Cl)cc2F)c2ccccc2n1. The van der Waals surface area contributed by atoms with Crippen LogP contribution < -0.4 is 5.32 Å². The molecule has 2 aromatic carbocycles. The molecule has 0 saturated heterocycles. The maximum atomic E-state index is 13.7. The number of amides is 1. The average molecular weight is 373 g/mol. The number of nitrogens with zero attached hydrogens (tertiary/aromatic N) is 1. The Morgan fingerprint density at radius 1 is 1.19 bits per heavy atom. The highest BCUT2D eigenvalue weighted by atomic mass is 35.5. The maximum Gasteiger partial charge on any atom is 0.339 e. The third kappa shape index (κ3) is 3.97. The van der Waals surface area contributed by atoms with E-state index < -0.39 is 24.3 Å². The predicted molar refractivity (Wildman–Crippen MR) is 96.8 cm³/mol. The van der Waals surface area contributed by atoms with Gasteiger partial charge in [0.25, 0.3) is 5.91 Å². The van der Waals surface area contributed by atoms with Gasteiger partial charge < -0.3 is 10.1 Å². The molecule has 0 aliphatic rings. The first-order valence-corrected chi connectivity index (χ1v) is 8.10. The molecule has 0 spiro atoms. The molecule has 1 aromatic heterocycles. The van der Waals surface area contributed by atoms with Gasteiger partial charge in [-0.1, -0.05) is 29.8 Å². The molecule has 1 amide bonds. The molecule has 0 aliphatic heterocycles. The third-order valence-corrected chi connectivity index (χ3v) is 3.84. The number of ether oxygens (including phenoxy) is 1. The van der Waals surface area contributed by atoms with E-state index in [1.165, 1.54) is 12.1 Å². The lowest BCUT2D eigenvalue weighted by Gasteiger charge is -2.09. The zero-order chi connectivity index (χ0) is 18.7. The largest absolute Gasteiger partial charge is 0.452 e. The first-order valence-electron chi connectivity index (χ1n) is 7.72. The third-order valence-electron chi connectivity index (χ3n) is 3.60. The number of carbonyl (C=O) groups excluding carboxylic acids is 2. The average Bonchev–Trinajstić information content (AvgIpc) is 2.61. The lowest BCUT2D eigenvalue weighted by atomic mass is 10.1. The minimum Gasteiger partial charge on any atom is -0.452 e. The minimum atomic E-state index is -0.673. The Balaban J connectivity index is 1.70. The Labute approximate surface area is 153 Å². The number of para-hydroxylation sites is 1. The molecule has 0 aliphatic carbocycles. The van der Waals surface area contributed by atoms with Gasteiger partial charge >= 0.3 is 5.97 Å². The zero-order valence-corrected chi connectivity index (χ0v) is 14.5. The number of benzene rings is 2. The van der Waals surface area contributed by atoms with Crippen molar-refractivity contribution in [2.75, 3.05) is 11.9 Å².